The fraction of sp³-hybridized carbons (Fsp3) is 0.360. The topological polar surface area (TPSA) is 82.7 Å². The van der Waals surface area contributed by atoms with Crippen LogP contribution in [-0.2, 0) is 4.74 Å². The standard InChI is InChI=1S/C25H26N2O6/c1-30-19-9-5-7-17(23(19)31-2)21-20-22(28)16-6-3-4-8-18(16)33-24(20)25(29)27(21)11-10-26-12-14-32-15-13-26/h3-9,21H,10-15H2,1-2H3/p+1/t21-/m1/s1. The molecule has 0 spiro atoms. The van der Waals surface area contributed by atoms with Crippen LogP contribution in [0.25, 0.3) is 11.0 Å². The Bertz CT molecular complexity index is 1250. The second-order valence-electron chi connectivity index (χ2n) is 8.27. The van der Waals surface area contributed by atoms with Crippen molar-refractivity contribution in [2.24, 2.45) is 0 Å². The molecule has 0 bridgehead atoms. The molecule has 2 aliphatic rings. The molecule has 0 aliphatic carbocycles. The molecule has 172 valence electrons. The van der Waals surface area contributed by atoms with E-state index in [4.69, 9.17) is 18.6 Å². The summed E-state index contributed by atoms with van der Waals surface area (Å²) in [5.41, 5.74) is 1.26. The highest BCUT2D eigenvalue weighted by atomic mass is 16.5. The maximum Gasteiger partial charge on any atom is 0.291 e. The van der Waals surface area contributed by atoms with E-state index < -0.39 is 6.04 Å². The van der Waals surface area contributed by atoms with Crippen LogP contribution < -0.4 is 19.8 Å². The average molecular weight is 451 g/mol. The van der Waals surface area contributed by atoms with Crippen molar-refractivity contribution in [2.45, 2.75) is 6.04 Å². The van der Waals surface area contributed by atoms with Crippen molar-refractivity contribution in [2.75, 3.05) is 53.6 Å². The van der Waals surface area contributed by atoms with E-state index in [1.54, 1.807) is 49.5 Å². The second kappa shape index (κ2) is 8.88. The number of benzene rings is 2. The van der Waals surface area contributed by atoms with Crippen molar-refractivity contribution in [3.63, 3.8) is 0 Å². The number of para-hydroxylation sites is 2. The zero-order valence-electron chi connectivity index (χ0n) is 18.8. The van der Waals surface area contributed by atoms with Gasteiger partial charge in [0.15, 0.2) is 16.9 Å². The number of quaternary nitrogens is 1. The van der Waals surface area contributed by atoms with E-state index >= 15 is 0 Å². The molecule has 2 aliphatic heterocycles. The maximum atomic E-state index is 13.6. The predicted octanol–water partition coefficient (Wildman–Crippen LogP) is 1.27. The number of morpholine rings is 1. The first-order valence-electron chi connectivity index (χ1n) is 11.1. The van der Waals surface area contributed by atoms with E-state index in [1.165, 1.54) is 4.90 Å². The van der Waals surface area contributed by atoms with Gasteiger partial charge in [-0.3, -0.25) is 9.59 Å². The van der Waals surface area contributed by atoms with Gasteiger partial charge in [0.1, 0.15) is 18.7 Å². The van der Waals surface area contributed by atoms with Crippen LogP contribution in [-0.4, -0.2) is 64.4 Å². The van der Waals surface area contributed by atoms with Crippen LogP contribution in [0.4, 0.5) is 0 Å². The lowest BCUT2D eigenvalue weighted by molar-refractivity contribution is -0.907. The van der Waals surface area contributed by atoms with Crippen LogP contribution in [0, 0.1) is 0 Å². The van der Waals surface area contributed by atoms with Gasteiger partial charge in [0.05, 0.1) is 57.5 Å². The number of carbonyl (C=O) groups is 1. The van der Waals surface area contributed by atoms with Gasteiger partial charge in [-0.15, -0.1) is 0 Å². The molecular formula is C25H27N2O6+. The smallest absolute Gasteiger partial charge is 0.291 e. The molecule has 0 unspecified atom stereocenters. The van der Waals surface area contributed by atoms with Crippen molar-refractivity contribution in [3.8, 4) is 11.5 Å². The normalized spacial score (nSPS) is 18.5. The van der Waals surface area contributed by atoms with E-state index in [1.807, 2.05) is 12.1 Å². The van der Waals surface area contributed by atoms with E-state index in [0.29, 0.717) is 53.4 Å². The van der Waals surface area contributed by atoms with E-state index in [0.717, 1.165) is 19.6 Å². The van der Waals surface area contributed by atoms with Crippen molar-refractivity contribution in [1.82, 2.24) is 4.90 Å². The predicted molar refractivity (Wildman–Crippen MR) is 121 cm³/mol. The molecule has 8 nitrogen and oxygen atoms in total. The highest BCUT2D eigenvalue weighted by molar-refractivity contribution is 5.99. The summed E-state index contributed by atoms with van der Waals surface area (Å²) in [5.74, 6) is 0.864. The molecule has 1 amide bonds. The summed E-state index contributed by atoms with van der Waals surface area (Å²) in [6, 6.07) is 11.9. The summed E-state index contributed by atoms with van der Waals surface area (Å²) in [7, 11) is 3.13. The van der Waals surface area contributed by atoms with Gasteiger partial charge in [-0.2, -0.15) is 0 Å². The van der Waals surface area contributed by atoms with Crippen LogP contribution >= 0.6 is 0 Å². The summed E-state index contributed by atoms with van der Waals surface area (Å²) in [6.07, 6.45) is 0. The van der Waals surface area contributed by atoms with Gasteiger partial charge in [0.2, 0.25) is 5.76 Å². The van der Waals surface area contributed by atoms with Gasteiger partial charge in [-0.1, -0.05) is 24.3 Å². The number of carbonyl (C=O) groups excluding carboxylic acids is 1. The monoisotopic (exact) mass is 451 g/mol. The van der Waals surface area contributed by atoms with Crippen molar-refractivity contribution >= 4 is 16.9 Å². The third kappa shape index (κ3) is 3.65. The quantitative estimate of drug-likeness (QED) is 0.608. The minimum atomic E-state index is -0.626. The van der Waals surface area contributed by atoms with Gasteiger partial charge in [0.25, 0.3) is 5.91 Å². The van der Waals surface area contributed by atoms with Gasteiger partial charge in [-0.25, -0.2) is 0 Å². The second-order valence-corrected chi connectivity index (χ2v) is 8.27. The first-order chi connectivity index (χ1) is 16.1. The zero-order valence-corrected chi connectivity index (χ0v) is 18.8. The number of fused-ring (bicyclic) bond motifs is 2. The Balaban J connectivity index is 1.65. The van der Waals surface area contributed by atoms with Crippen LogP contribution in [0.2, 0.25) is 0 Å². The summed E-state index contributed by atoms with van der Waals surface area (Å²) >= 11 is 0. The molecule has 1 N–H and O–H groups in total. The Morgan fingerprint density at radius 3 is 2.58 bits per heavy atom. The third-order valence-electron chi connectivity index (χ3n) is 6.51. The molecule has 3 aromatic rings. The fourth-order valence-electron chi connectivity index (χ4n) is 4.84. The summed E-state index contributed by atoms with van der Waals surface area (Å²) < 4.78 is 22.6. The molecule has 33 heavy (non-hydrogen) atoms. The Morgan fingerprint density at radius 2 is 1.82 bits per heavy atom. The number of nitrogens with zero attached hydrogens (tertiary/aromatic N) is 1. The fourth-order valence-corrected chi connectivity index (χ4v) is 4.84. The van der Waals surface area contributed by atoms with Crippen molar-refractivity contribution in [1.29, 1.82) is 0 Å². The zero-order chi connectivity index (χ0) is 22.9. The first kappa shape index (κ1) is 21.5. The molecule has 1 fully saturated rings. The number of amides is 1. The van der Waals surface area contributed by atoms with Crippen LogP contribution in [0.5, 0.6) is 11.5 Å². The molecule has 8 heteroatoms. The summed E-state index contributed by atoms with van der Waals surface area (Å²) in [6.45, 7) is 4.43. The molecule has 1 atom stereocenters. The number of nitrogens with one attached hydrogen (secondary N) is 1. The number of ether oxygens (including phenoxy) is 3. The molecule has 3 heterocycles. The maximum absolute atomic E-state index is 13.6. The van der Waals surface area contributed by atoms with Crippen molar-refractivity contribution in [3.05, 3.63) is 69.6 Å². The lowest BCUT2D eigenvalue weighted by Gasteiger charge is -2.29. The SMILES string of the molecule is COc1cccc([C@@H]2c3c(oc4ccccc4c3=O)C(=O)N2CC[NH+]2CCOCC2)c1OC. The Labute approximate surface area is 191 Å². The average Bonchev–Trinajstić information content (AvgIpc) is 3.14. The Kier molecular flexibility index (Phi) is 5.78. The van der Waals surface area contributed by atoms with Crippen molar-refractivity contribution < 1.29 is 28.3 Å². The van der Waals surface area contributed by atoms with E-state index in [-0.39, 0.29) is 17.1 Å². The molecule has 2 aromatic carbocycles. The van der Waals surface area contributed by atoms with Gasteiger partial charge in [-0.05, 0) is 18.2 Å². The number of hydrogen-bond acceptors (Lipinski definition) is 6. The molecular weight excluding hydrogens is 424 g/mol. The highest BCUT2D eigenvalue weighted by Crippen LogP contribution is 2.44. The minimum Gasteiger partial charge on any atom is -0.493 e. The van der Waals surface area contributed by atoms with Gasteiger partial charge < -0.3 is 28.4 Å². The lowest BCUT2D eigenvalue weighted by atomic mass is 9.97. The summed E-state index contributed by atoms with van der Waals surface area (Å²) in [4.78, 5) is 30.3. The first-order valence-corrected chi connectivity index (χ1v) is 11.1. The number of rotatable bonds is 6. The summed E-state index contributed by atoms with van der Waals surface area (Å²) in [5, 5.41) is 0.455. The molecule has 1 saturated heterocycles. The Morgan fingerprint density at radius 1 is 1.03 bits per heavy atom. The molecule has 5 rings (SSSR count). The molecule has 0 saturated carbocycles. The molecule has 1 aromatic heterocycles. The Hall–Kier alpha value is -3.36. The number of methoxy groups -OCH3 is 2. The van der Waals surface area contributed by atoms with Crippen LogP contribution in [0.3, 0.4) is 0 Å². The number of hydrogen-bond donors (Lipinski definition) is 1. The van der Waals surface area contributed by atoms with E-state index in [9.17, 15) is 9.59 Å². The minimum absolute atomic E-state index is 0.102. The lowest BCUT2D eigenvalue weighted by Crippen LogP contribution is -3.14. The van der Waals surface area contributed by atoms with Gasteiger partial charge in [0, 0.05) is 5.56 Å². The van der Waals surface area contributed by atoms with Crippen LogP contribution in [0.15, 0.2) is 51.7 Å². The third-order valence-corrected chi connectivity index (χ3v) is 6.51. The van der Waals surface area contributed by atoms with E-state index in [2.05, 4.69) is 0 Å². The molecule has 0 radical (unpaired) electrons. The largest absolute Gasteiger partial charge is 0.493 e. The highest BCUT2D eigenvalue weighted by Gasteiger charge is 2.44. The van der Waals surface area contributed by atoms with Crippen LogP contribution in [0.1, 0.15) is 27.7 Å². The van der Waals surface area contributed by atoms with Gasteiger partial charge >= 0.3 is 0 Å².